The van der Waals surface area contributed by atoms with Crippen molar-refractivity contribution in [1.82, 2.24) is 5.32 Å². The molecule has 1 saturated carbocycles. The quantitative estimate of drug-likeness (QED) is 0.931. The average molecular weight is 299 g/mol. The number of hydrogen-bond donors (Lipinski definition) is 1. The molecule has 0 aromatic heterocycles. The zero-order valence-electron chi connectivity index (χ0n) is 11.3. The van der Waals surface area contributed by atoms with Crippen molar-refractivity contribution in [3.8, 4) is 0 Å². The third-order valence-electron chi connectivity index (χ3n) is 4.26. The second kappa shape index (κ2) is 5.33. The lowest BCUT2D eigenvalue weighted by Crippen LogP contribution is -2.53. The molecule has 3 rings (SSSR count). The fraction of sp³-hybridized carbons (Fsp3) is 0.533. The number of carbonyl (C=O) groups is 1. The number of amides is 1. The Morgan fingerprint density at radius 2 is 2.00 bits per heavy atom. The number of hydrogen-bond acceptors (Lipinski definition) is 2. The molecule has 114 valence electrons. The zero-order valence-corrected chi connectivity index (χ0v) is 11.3. The van der Waals surface area contributed by atoms with Crippen molar-refractivity contribution in [2.24, 2.45) is 5.92 Å². The molecule has 3 nitrogen and oxygen atoms in total. The Hall–Kier alpha value is -1.56. The van der Waals surface area contributed by atoms with Crippen LogP contribution in [0.15, 0.2) is 24.3 Å². The molecular formula is C15H16F3NO2. The van der Waals surface area contributed by atoms with Crippen LogP contribution in [0.5, 0.6) is 0 Å². The molecule has 21 heavy (non-hydrogen) atoms. The van der Waals surface area contributed by atoms with Crippen LogP contribution in [0, 0.1) is 5.92 Å². The highest BCUT2D eigenvalue weighted by Crippen LogP contribution is 2.38. The van der Waals surface area contributed by atoms with Gasteiger partial charge in [-0.3, -0.25) is 4.79 Å². The van der Waals surface area contributed by atoms with Crippen LogP contribution in [-0.2, 0) is 22.1 Å². The van der Waals surface area contributed by atoms with Crippen LogP contribution < -0.4 is 5.32 Å². The lowest BCUT2D eigenvalue weighted by Gasteiger charge is -2.39. The van der Waals surface area contributed by atoms with Gasteiger partial charge in [0.05, 0.1) is 18.1 Å². The molecule has 1 amide bonds. The van der Waals surface area contributed by atoms with Crippen LogP contribution in [0.3, 0.4) is 0 Å². The van der Waals surface area contributed by atoms with Gasteiger partial charge in [-0.05, 0) is 30.5 Å². The summed E-state index contributed by atoms with van der Waals surface area (Å²) in [6.07, 6.45) is -2.16. The van der Waals surface area contributed by atoms with E-state index in [1.807, 2.05) is 0 Å². The minimum Gasteiger partial charge on any atom is -0.378 e. The Bertz CT molecular complexity index is 527. The first-order valence-corrected chi connectivity index (χ1v) is 7.00. The predicted octanol–water partition coefficient (Wildman–Crippen LogP) is 2.54. The lowest BCUT2D eigenvalue weighted by molar-refractivity contribution is -0.137. The molecule has 2 fully saturated rings. The second-order valence-corrected chi connectivity index (χ2v) is 5.64. The molecular weight excluding hydrogens is 283 g/mol. The lowest BCUT2D eigenvalue weighted by atomic mass is 9.76. The molecule has 2 aliphatic rings. The van der Waals surface area contributed by atoms with Gasteiger partial charge in [-0.1, -0.05) is 12.1 Å². The van der Waals surface area contributed by atoms with Crippen molar-refractivity contribution in [2.75, 3.05) is 6.61 Å². The topological polar surface area (TPSA) is 38.3 Å². The molecule has 0 unspecified atom stereocenters. The van der Waals surface area contributed by atoms with E-state index in [1.54, 1.807) is 0 Å². The maximum atomic E-state index is 12.4. The van der Waals surface area contributed by atoms with Crippen LogP contribution in [0.25, 0.3) is 0 Å². The smallest absolute Gasteiger partial charge is 0.378 e. The summed E-state index contributed by atoms with van der Waals surface area (Å²) >= 11 is 0. The van der Waals surface area contributed by atoms with E-state index >= 15 is 0 Å². The monoisotopic (exact) mass is 299 g/mol. The van der Waals surface area contributed by atoms with Crippen molar-refractivity contribution < 1.29 is 22.7 Å². The molecule has 1 aliphatic heterocycles. The van der Waals surface area contributed by atoms with Gasteiger partial charge in [-0.2, -0.15) is 13.2 Å². The number of halogens is 3. The first-order valence-electron chi connectivity index (χ1n) is 7.00. The molecule has 0 radical (unpaired) electrons. The van der Waals surface area contributed by atoms with Crippen molar-refractivity contribution in [3.63, 3.8) is 0 Å². The summed E-state index contributed by atoms with van der Waals surface area (Å²) in [4.78, 5) is 11.9. The van der Waals surface area contributed by atoms with Gasteiger partial charge >= 0.3 is 6.18 Å². The Morgan fingerprint density at radius 1 is 1.29 bits per heavy atom. The fourth-order valence-corrected chi connectivity index (χ4v) is 3.02. The van der Waals surface area contributed by atoms with Crippen molar-refractivity contribution in [1.29, 1.82) is 0 Å². The third kappa shape index (κ3) is 3.05. The van der Waals surface area contributed by atoms with Gasteiger partial charge in [0, 0.05) is 18.6 Å². The summed E-state index contributed by atoms with van der Waals surface area (Å²) in [6, 6.07) is 4.87. The summed E-state index contributed by atoms with van der Waals surface area (Å²) in [5, 5.41) is 2.94. The van der Waals surface area contributed by atoms with Crippen LogP contribution in [-0.4, -0.2) is 24.7 Å². The van der Waals surface area contributed by atoms with Gasteiger partial charge in [-0.15, -0.1) is 0 Å². The highest BCUT2D eigenvalue weighted by atomic mass is 19.4. The average Bonchev–Trinajstić information content (AvgIpc) is 2.77. The molecule has 0 bridgehead atoms. The molecule has 0 spiro atoms. The van der Waals surface area contributed by atoms with Crippen LogP contribution in [0.4, 0.5) is 13.2 Å². The number of alkyl halides is 3. The third-order valence-corrected chi connectivity index (χ3v) is 4.26. The van der Waals surface area contributed by atoms with E-state index in [0.717, 1.165) is 31.6 Å². The van der Waals surface area contributed by atoms with Gasteiger partial charge < -0.3 is 10.1 Å². The van der Waals surface area contributed by atoms with E-state index in [-0.39, 0.29) is 24.5 Å². The molecule has 1 aromatic carbocycles. The molecule has 1 saturated heterocycles. The van der Waals surface area contributed by atoms with Crippen LogP contribution in [0.1, 0.15) is 24.0 Å². The van der Waals surface area contributed by atoms with Crippen LogP contribution in [0.2, 0.25) is 0 Å². The Labute approximate surface area is 120 Å². The predicted molar refractivity (Wildman–Crippen MR) is 69.5 cm³/mol. The zero-order chi connectivity index (χ0) is 15.0. The molecule has 1 aliphatic carbocycles. The number of ether oxygens (including phenoxy) is 1. The summed E-state index contributed by atoms with van der Waals surface area (Å²) < 4.78 is 42.8. The van der Waals surface area contributed by atoms with Gasteiger partial charge in [0.1, 0.15) is 0 Å². The van der Waals surface area contributed by atoms with E-state index in [9.17, 15) is 18.0 Å². The number of benzene rings is 1. The van der Waals surface area contributed by atoms with Gasteiger partial charge in [0.15, 0.2) is 0 Å². The first-order chi connectivity index (χ1) is 9.93. The Kier molecular flexibility index (Phi) is 3.65. The Morgan fingerprint density at radius 3 is 2.62 bits per heavy atom. The van der Waals surface area contributed by atoms with Gasteiger partial charge in [0.25, 0.3) is 0 Å². The van der Waals surface area contributed by atoms with Gasteiger partial charge in [-0.25, -0.2) is 0 Å². The molecule has 1 heterocycles. The highest BCUT2D eigenvalue weighted by molar-refractivity contribution is 5.79. The van der Waals surface area contributed by atoms with Crippen molar-refractivity contribution in [2.45, 2.75) is 37.6 Å². The van der Waals surface area contributed by atoms with Gasteiger partial charge in [0.2, 0.25) is 5.91 Å². The largest absolute Gasteiger partial charge is 0.416 e. The number of rotatable bonds is 3. The van der Waals surface area contributed by atoms with E-state index in [1.165, 1.54) is 12.1 Å². The van der Waals surface area contributed by atoms with E-state index in [0.29, 0.717) is 11.5 Å². The summed E-state index contributed by atoms with van der Waals surface area (Å²) in [5.41, 5.74) is -0.115. The maximum absolute atomic E-state index is 12.4. The highest BCUT2D eigenvalue weighted by Gasteiger charge is 2.45. The minimum atomic E-state index is -4.34. The number of carbonyl (C=O) groups excluding carboxylic acids is 1. The second-order valence-electron chi connectivity index (χ2n) is 5.64. The van der Waals surface area contributed by atoms with E-state index in [4.69, 9.17) is 4.74 Å². The normalized spacial score (nSPS) is 27.9. The molecule has 1 aromatic rings. The number of nitrogens with one attached hydrogen (secondary N) is 1. The van der Waals surface area contributed by atoms with Crippen molar-refractivity contribution in [3.05, 3.63) is 35.4 Å². The summed E-state index contributed by atoms with van der Waals surface area (Å²) in [7, 11) is 0. The standard InChI is InChI=1S/C15H16F3NO2/c16-15(17,18)10-3-1-9(2-4-10)7-14(20)19-12-8-13-11(12)5-6-21-13/h1-4,11-13H,5-8H2,(H,19,20)/t11-,12+,13+/m1/s1. The van der Waals surface area contributed by atoms with E-state index < -0.39 is 11.7 Å². The molecule has 1 N–H and O–H groups in total. The van der Waals surface area contributed by atoms with Crippen molar-refractivity contribution >= 4 is 5.91 Å². The number of fused-ring (bicyclic) bond motifs is 1. The first kappa shape index (κ1) is 14.4. The molecule has 6 heteroatoms. The van der Waals surface area contributed by atoms with E-state index in [2.05, 4.69) is 5.32 Å². The summed E-state index contributed by atoms with van der Waals surface area (Å²) in [5.74, 6) is 0.256. The minimum absolute atomic E-state index is 0.104. The Balaban J connectivity index is 1.53. The fourth-order valence-electron chi connectivity index (χ4n) is 3.02. The molecule has 3 atom stereocenters. The van der Waals surface area contributed by atoms with Crippen LogP contribution >= 0.6 is 0 Å². The SMILES string of the molecule is O=C(Cc1ccc(C(F)(F)F)cc1)N[C@H]1C[C@@H]2OCC[C@H]12. The summed E-state index contributed by atoms with van der Waals surface area (Å²) in [6.45, 7) is 0.751. The maximum Gasteiger partial charge on any atom is 0.416 e.